The zero-order valence-corrected chi connectivity index (χ0v) is 18.7. The lowest BCUT2D eigenvalue weighted by Gasteiger charge is -2.35. The van der Waals surface area contributed by atoms with Crippen molar-refractivity contribution in [1.82, 2.24) is 4.57 Å². The number of anilines is 3. The summed E-state index contributed by atoms with van der Waals surface area (Å²) in [7, 11) is -3.44. The number of benzene rings is 1. The van der Waals surface area contributed by atoms with Gasteiger partial charge in [0.2, 0.25) is 10.0 Å². The smallest absolute Gasteiger partial charge is 0.274 e. The maximum atomic E-state index is 13.1. The third-order valence-corrected chi connectivity index (χ3v) is 6.88. The number of piperidine rings is 1. The molecule has 2 aliphatic rings. The number of carbonyl (C=O) groups is 1. The molecule has 31 heavy (non-hydrogen) atoms. The van der Waals surface area contributed by atoms with Crippen molar-refractivity contribution < 1.29 is 13.2 Å². The Morgan fingerprint density at radius 3 is 2.45 bits per heavy atom. The van der Waals surface area contributed by atoms with Gasteiger partial charge >= 0.3 is 0 Å². The normalized spacial score (nSPS) is 17.4. The largest absolute Gasteiger partial charge is 0.371 e. The average molecular weight is 445 g/mol. The maximum absolute atomic E-state index is 13.1. The molecule has 1 saturated carbocycles. The lowest BCUT2D eigenvalue weighted by atomic mass is 9.93. The molecule has 166 valence electrons. The van der Waals surface area contributed by atoms with E-state index >= 15 is 0 Å². The van der Waals surface area contributed by atoms with Gasteiger partial charge in [-0.05, 0) is 68.4 Å². The van der Waals surface area contributed by atoms with Crippen LogP contribution in [0.2, 0.25) is 0 Å². The van der Waals surface area contributed by atoms with E-state index in [4.69, 9.17) is 0 Å². The van der Waals surface area contributed by atoms with Gasteiger partial charge in [0.25, 0.3) is 11.5 Å². The van der Waals surface area contributed by atoms with Crippen LogP contribution in [-0.4, -0.2) is 38.2 Å². The van der Waals surface area contributed by atoms with Gasteiger partial charge in [0.1, 0.15) is 5.69 Å². The number of aromatic nitrogens is 1. The van der Waals surface area contributed by atoms with Crippen LogP contribution in [0.4, 0.5) is 17.1 Å². The number of nitrogens with zero attached hydrogens (tertiary/aromatic N) is 2. The summed E-state index contributed by atoms with van der Waals surface area (Å²) in [6.07, 6.45) is 7.44. The van der Waals surface area contributed by atoms with Gasteiger partial charge < -0.3 is 14.8 Å². The number of hydrogen-bond donors (Lipinski definition) is 2. The number of pyridine rings is 1. The number of nitrogens with one attached hydrogen (secondary N) is 2. The predicted octanol–water partition coefficient (Wildman–Crippen LogP) is 2.87. The lowest BCUT2D eigenvalue weighted by Crippen LogP contribution is -2.36. The van der Waals surface area contributed by atoms with Gasteiger partial charge in [-0.25, -0.2) is 8.42 Å². The summed E-state index contributed by atoms with van der Waals surface area (Å²) in [6, 6.07) is 8.20. The molecule has 0 unspecified atom stereocenters. The Kier molecular flexibility index (Phi) is 5.55. The minimum Gasteiger partial charge on any atom is -0.371 e. The summed E-state index contributed by atoms with van der Waals surface area (Å²) in [5.41, 5.74) is 1.93. The second kappa shape index (κ2) is 8.03. The number of carbonyl (C=O) groups excluding carboxylic acids is 1. The highest BCUT2D eigenvalue weighted by Gasteiger charge is 2.44. The molecule has 1 aliphatic carbocycles. The monoisotopic (exact) mass is 444 g/mol. The summed E-state index contributed by atoms with van der Waals surface area (Å²) in [4.78, 5) is 27.8. The molecule has 1 aromatic heterocycles. The van der Waals surface area contributed by atoms with E-state index in [9.17, 15) is 18.0 Å². The van der Waals surface area contributed by atoms with E-state index < -0.39 is 15.9 Å². The standard InChI is InChI=1S/C22H28N4O4S/c1-3-25-12-4-5-18(21(25)28)23-20(27)17-7-6-16(24-31(2,29)30)15-19(17)26-13-10-22(8-9-22)11-14-26/h4-7,12,15,24H,3,8-11,13-14H2,1-2H3,(H,23,27). The molecule has 4 rings (SSSR count). The van der Waals surface area contributed by atoms with Gasteiger partial charge in [-0.1, -0.05) is 0 Å². The second-order valence-electron chi connectivity index (χ2n) is 8.56. The molecule has 1 saturated heterocycles. The van der Waals surface area contributed by atoms with Crippen molar-refractivity contribution in [2.24, 2.45) is 5.41 Å². The topological polar surface area (TPSA) is 101 Å². The molecular weight excluding hydrogens is 416 g/mol. The van der Waals surface area contributed by atoms with Crippen LogP contribution >= 0.6 is 0 Å². The molecular formula is C22H28N4O4S. The zero-order chi connectivity index (χ0) is 22.2. The van der Waals surface area contributed by atoms with Crippen molar-refractivity contribution in [3.05, 3.63) is 52.4 Å². The molecule has 2 fully saturated rings. The van der Waals surface area contributed by atoms with Gasteiger partial charge in [-0.3, -0.25) is 14.3 Å². The van der Waals surface area contributed by atoms with E-state index in [2.05, 4.69) is 14.9 Å². The first-order valence-corrected chi connectivity index (χ1v) is 12.5. The van der Waals surface area contributed by atoms with E-state index in [-0.39, 0.29) is 11.2 Å². The highest BCUT2D eigenvalue weighted by molar-refractivity contribution is 7.92. The summed E-state index contributed by atoms with van der Waals surface area (Å²) >= 11 is 0. The lowest BCUT2D eigenvalue weighted by molar-refractivity contribution is 0.102. The number of aryl methyl sites for hydroxylation is 1. The van der Waals surface area contributed by atoms with Crippen molar-refractivity contribution in [2.45, 2.75) is 39.2 Å². The fourth-order valence-electron chi connectivity index (χ4n) is 4.23. The number of hydrogen-bond acceptors (Lipinski definition) is 5. The van der Waals surface area contributed by atoms with E-state index in [1.807, 2.05) is 6.92 Å². The van der Waals surface area contributed by atoms with Gasteiger partial charge in [-0.2, -0.15) is 0 Å². The molecule has 1 spiro atoms. The van der Waals surface area contributed by atoms with Crippen LogP contribution in [-0.2, 0) is 16.6 Å². The Morgan fingerprint density at radius 2 is 1.84 bits per heavy atom. The summed E-state index contributed by atoms with van der Waals surface area (Å²) in [6.45, 7) is 4.00. The first kappa shape index (κ1) is 21.4. The Labute approximate surface area is 182 Å². The minimum atomic E-state index is -3.44. The molecule has 2 heterocycles. The molecule has 8 nitrogen and oxygen atoms in total. The van der Waals surface area contributed by atoms with Crippen LogP contribution in [0.15, 0.2) is 41.3 Å². The number of sulfonamides is 1. The zero-order valence-electron chi connectivity index (χ0n) is 17.8. The average Bonchev–Trinajstić information content (AvgIpc) is 3.47. The molecule has 2 N–H and O–H groups in total. The van der Waals surface area contributed by atoms with Gasteiger partial charge in [-0.15, -0.1) is 0 Å². The SMILES string of the molecule is CCn1cccc(NC(=O)c2ccc(NS(C)(=O)=O)cc2N2CCC3(CC2)CC3)c1=O. The van der Waals surface area contributed by atoms with Gasteiger partial charge in [0, 0.05) is 25.8 Å². The fraction of sp³-hybridized carbons (Fsp3) is 0.455. The van der Waals surface area contributed by atoms with Crippen LogP contribution in [0.5, 0.6) is 0 Å². The van der Waals surface area contributed by atoms with E-state index in [0.717, 1.165) is 32.2 Å². The Bertz CT molecular complexity index is 1160. The third-order valence-electron chi connectivity index (χ3n) is 6.28. The fourth-order valence-corrected chi connectivity index (χ4v) is 4.79. The second-order valence-corrected chi connectivity index (χ2v) is 10.3. The number of rotatable bonds is 6. The minimum absolute atomic E-state index is 0.217. The Morgan fingerprint density at radius 1 is 1.13 bits per heavy atom. The van der Waals surface area contributed by atoms with Crippen LogP contribution < -0.4 is 20.5 Å². The summed E-state index contributed by atoms with van der Waals surface area (Å²) in [5, 5.41) is 2.74. The Balaban J connectivity index is 1.65. The summed E-state index contributed by atoms with van der Waals surface area (Å²) < 4.78 is 27.4. The quantitative estimate of drug-likeness (QED) is 0.714. The van der Waals surface area contributed by atoms with E-state index in [0.29, 0.717) is 28.9 Å². The molecule has 9 heteroatoms. The van der Waals surface area contributed by atoms with E-state index in [1.54, 1.807) is 36.5 Å². The Hall–Kier alpha value is -2.81. The molecule has 1 aliphatic heterocycles. The van der Waals surface area contributed by atoms with Crippen molar-refractivity contribution in [3.8, 4) is 0 Å². The summed E-state index contributed by atoms with van der Waals surface area (Å²) in [5.74, 6) is -0.390. The first-order valence-electron chi connectivity index (χ1n) is 10.6. The molecule has 0 radical (unpaired) electrons. The molecule has 1 amide bonds. The van der Waals surface area contributed by atoms with E-state index in [1.165, 1.54) is 17.4 Å². The first-order chi connectivity index (χ1) is 14.7. The van der Waals surface area contributed by atoms with Gasteiger partial charge in [0.15, 0.2) is 0 Å². The predicted molar refractivity (Wildman–Crippen MR) is 122 cm³/mol. The number of amides is 1. The van der Waals surface area contributed by atoms with Gasteiger partial charge in [0.05, 0.1) is 23.2 Å². The van der Waals surface area contributed by atoms with Crippen LogP contribution in [0.1, 0.15) is 43.0 Å². The third kappa shape index (κ3) is 4.76. The highest BCUT2D eigenvalue weighted by atomic mass is 32.2. The van der Waals surface area contributed by atoms with Crippen molar-refractivity contribution in [2.75, 3.05) is 34.3 Å². The molecule has 0 atom stereocenters. The molecule has 0 bridgehead atoms. The molecule has 2 aromatic rings. The maximum Gasteiger partial charge on any atom is 0.274 e. The van der Waals surface area contributed by atoms with Crippen molar-refractivity contribution in [3.63, 3.8) is 0 Å². The van der Waals surface area contributed by atoms with Crippen molar-refractivity contribution >= 4 is 33.0 Å². The molecule has 1 aromatic carbocycles. The highest BCUT2D eigenvalue weighted by Crippen LogP contribution is 2.54. The van der Waals surface area contributed by atoms with Crippen LogP contribution in [0, 0.1) is 5.41 Å². The van der Waals surface area contributed by atoms with Crippen LogP contribution in [0.25, 0.3) is 0 Å². The van der Waals surface area contributed by atoms with Crippen LogP contribution in [0.3, 0.4) is 0 Å². The van der Waals surface area contributed by atoms with Crippen molar-refractivity contribution in [1.29, 1.82) is 0 Å².